The Kier molecular flexibility index (Phi) is 3.05. The van der Waals surface area contributed by atoms with Crippen molar-refractivity contribution in [2.24, 2.45) is 0 Å². The summed E-state index contributed by atoms with van der Waals surface area (Å²) in [5.74, 6) is 0.644. The molecule has 0 spiro atoms. The fraction of sp³-hybridized carbons (Fsp3) is 0.0714. The standard InChI is InChI=1S/C14H12ClN3S/c1-9-12(13-11(15)7-8-19-13)17-18(14(9)16)10-5-3-2-4-6-10/h2-8H,16H2,1H3. The first kappa shape index (κ1) is 12.3. The monoisotopic (exact) mass is 289 g/mol. The number of halogens is 1. The van der Waals surface area contributed by atoms with Gasteiger partial charge in [-0.1, -0.05) is 29.8 Å². The van der Waals surface area contributed by atoms with Gasteiger partial charge in [0.1, 0.15) is 11.5 Å². The van der Waals surface area contributed by atoms with Crippen LogP contribution < -0.4 is 5.73 Å². The Morgan fingerprint density at radius 1 is 1.21 bits per heavy atom. The smallest absolute Gasteiger partial charge is 0.130 e. The average molecular weight is 290 g/mol. The third-order valence-electron chi connectivity index (χ3n) is 3.00. The van der Waals surface area contributed by atoms with Crippen molar-refractivity contribution < 1.29 is 0 Å². The van der Waals surface area contributed by atoms with Crippen LogP contribution in [0.3, 0.4) is 0 Å². The van der Waals surface area contributed by atoms with Gasteiger partial charge in [-0.05, 0) is 30.5 Å². The van der Waals surface area contributed by atoms with Crippen molar-refractivity contribution in [3.05, 3.63) is 52.4 Å². The molecular formula is C14H12ClN3S. The summed E-state index contributed by atoms with van der Waals surface area (Å²) in [5.41, 5.74) is 8.90. The van der Waals surface area contributed by atoms with E-state index in [9.17, 15) is 0 Å². The predicted molar refractivity (Wildman–Crippen MR) is 81.0 cm³/mol. The van der Waals surface area contributed by atoms with Crippen molar-refractivity contribution in [1.29, 1.82) is 0 Å². The van der Waals surface area contributed by atoms with Gasteiger partial charge in [-0.2, -0.15) is 5.10 Å². The number of aromatic nitrogens is 2. The molecule has 0 saturated carbocycles. The van der Waals surface area contributed by atoms with Crippen LogP contribution in [0.25, 0.3) is 16.3 Å². The highest BCUT2D eigenvalue weighted by molar-refractivity contribution is 7.14. The second-order valence-electron chi connectivity index (χ2n) is 4.20. The number of hydrogen-bond donors (Lipinski definition) is 1. The Labute approximate surface area is 120 Å². The van der Waals surface area contributed by atoms with E-state index < -0.39 is 0 Å². The molecule has 3 rings (SSSR count). The number of anilines is 1. The molecule has 0 aliphatic carbocycles. The molecule has 0 saturated heterocycles. The highest BCUT2D eigenvalue weighted by Gasteiger charge is 2.17. The summed E-state index contributed by atoms with van der Waals surface area (Å²) in [5, 5.41) is 7.27. The number of nitrogen functional groups attached to an aromatic ring is 1. The minimum atomic E-state index is 0.644. The van der Waals surface area contributed by atoms with Crippen molar-refractivity contribution in [2.75, 3.05) is 5.73 Å². The van der Waals surface area contributed by atoms with Crippen LogP contribution in [-0.4, -0.2) is 9.78 Å². The van der Waals surface area contributed by atoms with Gasteiger partial charge < -0.3 is 5.73 Å². The first-order valence-corrected chi connectivity index (χ1v) is 7.08. The van der Waals surface area contributed by atoms with Crippen molar-refractivity contribution in [2.45, 2.75) is 6.92 Å². The fourth-order valence-electron chi connectivity index (χ4n) is 1.95. The van der Waals surface area contributed by atoms with Crippen LogP contribution in [0, 0.1) is 6.92 Å². The first-order valence-electron chi connectivity index (χ1n) is 5.82. The van der Waals surface area contributed by atoms with Crippen LogP contribution >= 0.6 is 22.9 Å². The number of thiophene rings is 1. The minimum Gasteiger partial charge on any atom is -0.383 e. The zero-order valence-electron chi connectivity index (χ0n) is 10.3. The molecule has 1 aromatic carbocycles. The number of nitrogens with zero attached hydrogens (tertiary/aromatic N) is 2. The quantitative estimate of drug-likeness (QED) is 0.770. The number of hydrogen-bond acceptors (Lipinski definition) is 3. The number of para-hydroxylation sites is 1. The maximum atomic E-state index is 6.17. The van der Waals surface area contributed by atoms with Gasteiger partial charge in [0.25, 0.3) is 0 Å². The lowest BCUT2D eigenvalue weighted by Crippen LogP contribution is -2.01. The lowest BCUT2D eigenvalue weighted by Gasteiger charge is -2.02. The van der Waals surface area contributed by atoms with Crippen LogP contribution in [0.5, 0.6) is 0 Å². The Hall–Kier alpha value is -1.78. The number of rotatable bonds is 2. The molecule has 0 atom stereocenters. The van der Waals surface area contributed by atoms with Crippen molar-refractivity contribution in [3.63, 3.8) is 0 Å². The van der Waals surface area contributed by atoms with Gasteiger partial charge in [-0.25, -0.2) is 4.68 Å². The van der Waals surface area contributed by atoms with Crippen LogP contribution in [0.15, 0.2) is 41.8 Å². The molecule has 0 amide bonds. The summed E-state index contributed by atoms with van der Waals surface area (Å²) in [6, 6.07) is 11.7. The van der Waals surface area contributed by atoms with Crippen molar-refractivity contribution >= 4 is 28.8 Å². The second-order valence-corrected chi connectivity index (χ2v) is 5.53. The van der Waals surface area contributed by atoms with E-state index in [0.717, 1.165) is 21.8 Å². The van der Waals surface area contributed by atoms with Gasteiger partial charge in [0.2, 0.25) is 0 Å². The topological polar surface area (TPSA) is 43.8 Å². The molecule has 96 valence electrons. The van der Waals surface area contributed by atoms with Gasteiger partial charge in [0.15, 0.2) is 0 Å². The molecule has 5 heteroatoms. The van der Waals surface area contributed by atoms with Gasteiger partial charge in [-0.3, -0.25) is 0 Å². The average Bonchev–Trinajstić information content (AvgIpc) is 2.97. The molecule has 3 aromatic rings. The zero-order valence-corrected chi connectivity index (χ0v) is 11.9. The Morgan fingerprint density at radius 3 is 2.58 bits per heavy atom. The largest absolute Gasteiger partial charge is 0.383 e. The van der Waals surface area contributed by atoms with E-state index in [-0.39, 0.29) is 0 Å². The number of nitrogens with two attached hydrogens (primary N) is 1. The van der Waals surface area contributed by atoms with E-state index in [4.69, 9.17) is 17.3 Å². The van der Waals surface area contributed by atoms with Gasteiger partial charge >= 0.3 is 0 Å². The normalized spacial score (nSPS) is 10.8. The highest BCUT2D eigenvalue weighted by Crippen LogP contribution is 2.36. The van der Waals surface area contributed by atoms with E-state index in [2.05, 4.69) is 5.10 Å². The molecule has 3 nitrogen and oxygen atoms in total. The lowest BCUT2D eigenvalue weighted by atomic mass is 10.2. The molecular weight excluding hydrogens is 278 g/mol. The van der Waals surface area contributed by atoms with Gasteiger partial charge in [0.05, 0.1) is 15.6 Å². The van der Waals surface area contributed by atoms with E-state index in [1.165, 1.54) is 0 Å². The van der Waals surface area contributed by atoms with Crippen molar-refractivity contribution in [1.82, 2.24) is 9.78 Å². The molecule has 0 fully saturated rings. The fourth-order valence-corrected chi connectivity index (χ4v) is 3.14. The molecule has 0 radical (unpaired) electrons. The summed E-state index contributed by atoms with van der Waals surface area (Å²) in [7, 11) is 0. The molecule has 0 bridgehead atoms. The Morgan fingerprint density at radius 2 is 1.95 bits per heavy atom. The summed E-state index contributed by atoms with van der Waals surface area (Å²) in [6.45, 7) is 1.97. The maximum absolute atomic E-state index is 6.17. The summed E-state index contributed by atoms with van der Waals surface area (Å²) < 4.78 is 1.75. The van der Waals surface area contributed by atoms with Gasteiger partial charge in [-0.15, -0.1) is 11.3 Å². The van der Waals surface area contributed by atoms with E-state index >= 15 is 0 Å². The van der Waals surface area contributed by atoms with Crippen LogP contribution in [0.4, 0.5) is 5.82 Å². The molecule has 2 heterocycles. The minimum absolute atomic E-state index is 0.644. The zero-order chi connectivity index (χ0) is 13.4. The van der Waals surface area contributed by atoms with E-state index in [1.54, 1.807) is 16.0 Å². The molecule has 0 aliphatic heterocycles. The van der Waals surface area contributed by atoms with Crippen molar-refractivity contribution in [3.8, 4) is 16.3 Å². The third-order valence-corrected chi connectivity index (χ3v) is 4.35. The first-order chi connectivity index (χ1) is 9.18. The van der Waals surface area contributed by atoms with Crippen LogP contribution in [0.1, 0.15) is 5.56 Å². The Balaban J connectivity index is 2.18. The number of benzene rings is 1. The molecule has 2 N–H and O–H groups in total. The predicted octanol–water partition coefficient (Wildman–Crippen LogP) is 4.14. The SMILES string of the molecule is Cc1c(-c2sccc2Cl)nn(-c2ccccc2)c1N. The molecule has 0 aliphatic rings. The maximum Gasteiger partial charge on any atom is 0.130 e. The van der Waals surface area contributed by atoms with Crippen LogP contribution in [0.2, 0.25) is 5.02 Å². The summed E-state index contributed by atoms with van der Waals surface area (Å²) in [4.78, 5) is 0.959. The highest BCUT2D eigenvalue weighted by atomic mass is 35.5. The van der Waals surface area contributed by atoms with E-state index in [0.29, 0.717) is 10.8 Å². The molecule has 19 heavy (non-hydrogen) atoms. The molecule has 0 unspecified atom stereocenters. The summed E-state index contributed by atoms with van der Waals surface area (Å²) >= 11 is 7.74. The third kappa shape index (κ3) is 2.03. The Bertz CT molecular complexity index is 716. The summed E-state index contributed by atoms with van der Waals surface area (Å²) in [6.07, 6.45) is 0. The molecule has 2 aromatic heterocycles. The van der Waals surface area contributed by atoms with Gasteiger partial charge in [0, 0.05) is 5.56 Å². The lowest BCUT2D eigenvalue weighted by molar-refractivity contribution is 0.896. The second kappa shape index (κ2) is 4.72. The van der Waals surface area contributed by atoms with Crippen LogP contribution in [-0.2, 0) is 0 Å². The van der Waals surface area contributed by atoms with E-state index in [1.807, 2.05) is 48.7 Å².